The van der Waals surface area contributed by atoms with E-state index in [9.17, 15) is 27.2 Å². The molecule has 1 heterocycles. The number of amides is 2. The highest BCUT2D eigenvalue weighted by Gasteiger charge is 2.34. The Balaban J connectivity index is 1.79. The van der Waals surface area contributed by atoms with Gasteiger partial charge >= 0.3 is 18.2 Å². The number of halogens is 4. The fourth-order valence-corrected chi connectivity index (χ4v) is 2.89. The molecule has 2 aliphatic rings. The molecule has 27 heavy (non-hydrogen) atoms. The van der Waals surface area contributed by atoms with Crippen LogP contribution in [-0.4, -0.2) is 35.1 Å². The van der Waals surface area contributed by atoms with Gasteiger partial charge in [-0.1, -0.05) is 6.08 Å². The van der Waals surface area contributed by atoms with E-state index in [1.54, 1.807) is 0 Å². The largest absolute Gasteiger partial charge is 0.478 e. The van der Waals surface area contributed by atoms with Crippen molar-refractivity contribution < 1.29 is 32.3 Å². The van der Waals surface area contributed by atoms with Crippen LogP contribution >= 0.6 is 0 Å². The maximum Gasteiger partial charge on any atom is 0.416 e. The number of carboxylic acids is 1. The first-order valence-corrected chi connectivity index (χ1v) is 7.95. The second kappa shape index (κ2) is 6.90. The highest BCUT2D eigenvalue weighted by Crippen LogP contribution is 2.32. The summed E-state index contributed by atoms with van der Waals surface area (Å²) in [5.74, 6) is -2.32. The first kappa shape index (κ1) is 18.7. The highest BCUT2D eigenvalue weighted by molar-refractivity contribution is 5.95. The smallest absolute Gasteiger partial charge is 0.416 e. The summed E-state index contributed by atoms with van der Waals surface area (Å²) in [6, 6.07) is 3.76. The summed E-state index contributed by atoms with van der Waals surface area (Å²) in [6.45, 7) is 0.487. The quantitative estimate of drug-likeness (QED) is 0.801. The van der Waals surface area contributed by atoms with Crippen molar-refractivity contribution in [3.8, 4) is 0 Å². The number of benzene rings is 1. The van der Waals surface area contributed by atoms with E-state index in [0.29, 0.717) is 11.4 Å². The molecule has 9 heteroatoms. The topological polar surface area (TPSA) is 60.9 Å². The van der Waals surface area contributed by atoms with Crippen molar-refractivity contribution >= 4 is 17.7 Å². The Morgan fingerprint density at radius 2 is 1.67 bits per heavy atom. The lowest BCUT2D eigenvalue weighted by Gasteiger charge is -2.20. The summed E-state index contributed by atoms with van der Waals surface area (Å²) in [5, 5.41) is 8.97. The van der Waals surface area contributed by atoms with E-state index < -0.39 is 35.1 Å². The van der Waals surface area contributed by atoms with Gasteiger partial charge in [0.05, 0.1) is 11.1 Å². The number of carbonyl (C=O) groups is 2. The van der Waals surface area contributed by atoms with E-state index in [1.807, 2.05) is 0 Å². The number of hydrogen-bond acceptors (Lipinski definition) is 2. The fourth-order valence-electron chi connectivity index (χ4n) is 2.89. The van der Waals surface area contributed by atoms with Gasteiger partial charge in [-0.05, 0) is 36.4 Å². The Morgan fingerprint density at radius 3 is 2.26 bits per heavy atom. The monoisotopic (exact) mass is 382 g/mol. The Bertz CT molecular complexity index is 870. The molecule has 0 radical (unpaired) electrons. The van der Waals surface area contributed by atoms with E-state index in [1.165, 1.54) is 34.1 Å². The molecule has 1 fully saturated rings. The first-order valence-electron chi connectivity index (χ1n) is 7.95. The van der Waals surface area contributed by atoms with Crippen molar-refractivity contribution in [1.82, 2.24) is 4.90 Å². The average molecular weight is 382 g/mol. The van der Waals surface area contributed by atoms with Gasteiger partial charge in [0.1, 0.15) is 5.83 Å². The van der Waals surface area contributed by atoms with Crippen molar-refractivity contribution in [2.24, 2.45) is 0 Å². The molecule has 1 aliphatic carbocycles. The number of anilines is 1. The number of allylic oxidation sites excluding steroid dienone is 3. The van der Waals surface area contributed by atoms with Crippen molar-refractivity contribution in [2.45, 2.75) is 12.6 Å². The Labute approximate surface area is 151 Å². The Morgan fingerprint density at radius 1 is 1.04 bits per heavy atom. The molecule has 0 aromatic heterocycles. The van der Waals surface area contributed by atoms with Crippen molar-refractivity contribution in [2.75, 3.05) is 18.0 Å². The van der Waals surface area contributed by atoms with E-state index in [-0.39, 0.29) is 19.5 Å². The second-order valence-electron chi connectivity index (χ2n) is 5.93. The van der Waals surface area contributed by atoms with Gasteiger partial charge in [0.15, 0.2) is 0 Å². The van der Waals surface area contributed by atoms with Crippen molar-refractivity contribution in [1.29, 1.82) is 0 Å². The minimum Gasteiger partial charge on any atom is -0.478 e. The summed E-state index contributed by atoms with van der Waals surface area (Å²) in [7, 11) is 0. The maximum absolute atomic E-state index is 13.8. The predicted octanol–water partition coefficient (Wildman–Crippen LogP) is 4.10. The minimum absolute atomic E-state index is 0.0398. The van der Waals surface area contributed by atoms with E-state index in [4.69, 9.17) is 5.11 Å². The summed E-state index contributed by atoms with van der Waals surface area (Å²) in [6.07, 6.45) is -0.930. The molecular weight excluding hydrogens is 368 g/mol. The molecule has 0 atom stereocenters. The number of urea groups is 1. The molecule has 1 N–H and O–H groups in total. The molecule has 1 saturated heterocycles. The van der Waals surface area contributed by atoms with Gasteiger partial charge in [-0.2, -0.15) is 13.2 Å². The fraction of sp³-hybridized carbons (Fsp3) is 0.222. The predicted molar refractivity (Wildman–Crippen MR) is 88.5 cm³/mol. The number of nitrogens with zero attached hydrogens (tertiary/aromatic N) is 2. The first-order chi connectivity index (χ1) is 12.7. The molecule has 3 rings (SSSR count). The number of hydrogen-bond donors (Lipinski definition) is 1. The van der Waals surface area contributed by atoms with Crippen LogP contribution in [0.15, 0.2) is 59.6 Å². The summed E-state index contributed by atoms with van der Waals surface area (Å²) in [4.78, 5) is 26.3. The van der Waals surface area contributed by atoms with Crippen molar-refractivity contribution in [3.63, 3.8) is 0 Å². The SMILES string of the molecule is O=C(O)C1=CCC(N2CCN(c3ccc(C(F)(F)F)cc3)C2=O)=CC=C1F. The van der Waals surface area contributed by atoms with Crippen LogP contribution in [-0.2, 0) is 11.0 Å². The molecule has 2 amide bonds. The summed E-state index contributed by atoms with van der Waals surface area (Å²) >= 11 is 0. The lowest BCUT2D eigenvalue weighted by Crippen LogP contribution is -2.31. The lowest BCUT2D eigenvalue weighted by molar-refractivity contribution is -0.137. The molecule has 142 valence electrons. The van der Waals surface area contributed by atoms with Crippen LogP contribution in [0.3, 0.4) is 0 Å². The average Bonchev–Trinajstić information content (AvgIpc) is 2.86. The molecule has 0 unspecified atom stereocenters. The van der Waals surface area contributed by atoms with E-state index >= 15 is 0 Å². The standard InChI is InChI=1S/C18H14F4N2O3/c19-15-8-6-13(5-7-14(15)16(25)26)24-10-9-23(17(24)27)12-3-1-11(2-4-12)18(20,21)22/h1-4,6-8H,5,9-10H2,(H,25,26). The van der Waals surface area contributed by atoms with Gasteiger partial charge in [-0.15, -0.1) is 0 Å². The van der Waals surface area contributed by atoms with Gasteiger partial charge in [-0.25, -0.2) is 14.0 Å². The Hall–Kier alpha value is -3.10. The molecule has 0 bridgehead atoms. The zero-order valence-electron chi connectivity index (χ0n) is 13.8. The van der Waals surface area contributed by atoms with Gasteiger partial charge in [0.25, 0.3) is 0 Å². The molecule has 1 aromatic rings. The van der Waals surface area contributed by atoms with Gasteiger partial charge in [-0.3, -0.25) is 9.80 Å². The summed E-state index contributed by atoms with van der Waals surface area (Å²) < 4.78 is 51.7. The van der Waals surface area contributed by atoms with Crippen LogP contribution in [0.1, 0.15) is 12.0 Å². The van der Waals surface area contributed by atoms with Gasteiger partial charge in [0, 0.05) is 30.9 Å². The zero-order chi connectivity index (χ0) is 19.8. The molecule has 5 nitrogen and oxygen atoms in total. The van der Waals surface area contributed by atoms with Crippen LogP contribution in [0.4, 0.5) is 28.0 Å². The maximum atomic E-state index is 13.8. The Kier molecular flexibility index (Phi) is 4.77. The van der Waals surface area contributed by atoms with Crippen LogP contribution in [0.5, 0.6) is 0 Å². The number of rotatable bonds is 3. The summed E-state index contributed by atoms with van der Waals surface area (Å²) in [5.41, 5.74) is -0.574. The number of carboxylic acid groups (broad SMARTS) is 1. The van der Waals surface area contributed by atoms with Crippen molar-refractivity contribution in [3.05, 3.63) is 65.2 Å². The number of alkyl halides is 3. The third kappa shape index (κ3) is 3.71. The molecular formula is C18H14F4N2O3. The minimum atomic E-state index is -4.46. The molecule has 1 aliphatic heterocycles. The zero-order valence-corrected chi connectivity index (χ0v) is 13.8. The van der Waals surface area contributed by atoms with Crippen LogP contribution < -0.4 is 4.90 Å². The van der Waals surface area contributed by atoms with Gasteiger partial charge < -0.3 is 5.11 Å². The van der Waals surface area contributed by atoms with Crippen LogP contribution in [0.2, 0.25) is 0 Å². The number of carbonyl (C=O) groups excluding carboxylic acids is 1. The normalized spacial score (nSPS) is 18.1. The molecule has 0 spiro atoms. The highest BCUT2D eigenvalue weighted by atomic mass is 19.4. The molecule has 0 saturated carbocycles. The van der Waals surface area contributed by atoms with Crippen LogP contribution in [0, 0.1) is 0 Å². The van der Waals surface area contributed by atoms with E-state index in [0.717, 1.165) is 18.2 Å². The number of aliphatic carboxylic acids is 1. The lowest BCUT2D eigenvalue weighted by atomic mass is 10.2. The van der Waals surface area contributed by atoms with E-state index in [2.05, 4.69) is 0 Å². The molecule has 1 aromatic carbocycles. The third-order valence-corrected chi connectivity index (χ3v) is 4.29. The second-order valence-corrected chi connectivity index (χ2v) is 5.93. The third-order valence-electron chi connectivity index (χ3n) is 4.29. The van der Waals surface area contributed by atoms with Gasteiger partial charge in [0.2, 0.25) is 0 Å². The van der Waals surface area contributed by atoms with Crippen LogP contribution in [0.25, 0.3) is 0 Å².